The van der Waals surface area contributed by atoms with Crippen LogP contribution in [0.5, 0.6) is 0 Å². The average Bonchev–Trinajstić information content (AvgIpc) is 3.64. The first-order valence-corrected chi connectivity index (χ1v) is 13.7. The van der Waals surface area contributed by atoms with E-state index in [4.69, 9.17) is 5.73 Å². The van der Waals surface area contributed by atoms with E-state index in [1.165, 1.54) is 6.07 Å². The minimum absolute atomic E-state index is 0.0400. The highest BCUT2D eigenvalue weighted by atomic mass is 19.1. The fourth-order valence-electron chi connectivity index (χ4n) is 5.69. The molecule has 2 fully saturated rings. The van der Waals surface area contributed by atoms with Gasteiger partial charge in [-0.1, -0.05) is 18.2 Å². The van der Waals surface area contributed by atoms with Gasteiger partial charge >= 0.3 is 6.03 Å². The number of β-amino-alcohol motifs (C(OH)–C–C–N with tert-alkyl or cyclic N) is 1. The maximum absolute atomic E-state index is 14.8. The molecule has 0 spiro atoms. The van der Waals surface area contributed by atoms with Crippen LogP contribution >= 0.6 is 0 Å². The van der Waals surface area contributed by atoms with Crippen molar-refractivity contribution in [1.82, 2.24) is 14.8 Å². The topological polar surface area (TPSA) is 125 Å². The van der Waals surface area contributed by atoms with E-state index in [9.17, 15) is 14.3 Å². The Kier molecular flexibility index (Phi) is 8.51. The van der Waals surface area contributed by atoms with Crippen molar-refractivity contribution >= 4 is 34.7 Å². The van der Waals surface area contributed by atoms with Crippen molar-refractivity contribution in [2.45, 2.75) is 18.9 Å². The van der Waals surface area contributed by atoms with Gasteiger partial charge in [0.15, 0.2) is 0 Å². The number of nitrogen functional groups attached to an aromatic ring is 1. The number of carbonyl (C=O) groups is 1. The minimum atomic E-state index is -0.511. The highest BCUT2D eigenvalue weighted by Crippen LogP contribution is 2.32. The molecule has 6 N–H and O–H groups in total. The largest absolute Gasteiger partial charge is 0.395 e. The Morgan fingerprint density at radius 3 is 2.65 bits per heavy atom. The van der Waals surface area contributed by atoms with Gasteiger partial charge in [0, 0.05) is 58.2 Å². The zero-order valence-corrected chi connectivity index (χ0v) is 22.7. The van der Waals surface area contributed by atoms with Crippen molar-refractivity contribution in [3.8, 4) is 0 Å². The van der Waals surface area contributed by atoms with Crippen molar-refractivity contribution in [3.63, 3.8) is 0 Å². The van der Waals surface area contributed by atoms with Gasteiger partial charge in [0.2, 0.25) is 0 Å². The molecular formula is C29H37FN8O2. The third-order valence-electron chi connectivity index (χ3n) is 7.62. The molecule has 10 nitrogen and oxygen atoms in total. The van der Waals surface area contributed by atoms with Crippen molar-refractivity contribution in [1.29, 1.82) is 0 Å². The first kappa shape index (κ1) is 27.5. The van der Waals surface area contributed by atoms with Crippen LogP contribution < -0.4 is 21.3 Å². The first-order valence-electron chi connectivity index (χ1n) is 13.7. The van der Waals surface area contributed by atoms with E-state index in [1.54, 1.807) is 19.3 Å². The van der Waals surface area contributed by atoms with Crippen molar-refractivity contribution in [2.75, 3.05) is 74.2 Å². The van der Waals surface area contributed by atoms with Gasteiger partial charge in [0.25, 0.3) is 0 Å². The standard InChI is InChI=1S/C29H37FN8O2/c1-32-28(22-10-11-33-27(22)31)38-15-14-37(16-17-39)25(19-38)20-6-4-7-21(18-20)34-29(40)35-26-23(30)8-5-9-24(26)36-12-2-3-13-36/h4-11,18,25,33,39H,2-3,12-17,19,31H2,1H3,(H2,34,35,40). The quantitative estimate of drug-likeness (QED) is 0.227. The molecule has 2 aliphatic rings. The second-order valence-electron chi connectivity index (χ2n) is 10.1. The number of aromatic amines is 1. The van der Waals surface area contributed by atoms with E-state index in [1.807, 2.05) is 36.4 Å². The highest BCUT2D eigenvalue weighted by molar-refractivity contribution is 6.03. The Hall–Kier alpha value is -4.09. The highest BCUT2D eigenvalue weighted by Gasteiger charge is 2.31. The number of urea groups is 1. The number of nitrogens with zero attached hydrogens (tertiary/aromatic N) is 4. The predicted molar refractivity (Wildman–Crippen MR) is 158 cm³/mol. The van der Waals surface area contributed by atoms with Gasteiger partial charge in [-0.2, -0.15) is 0 Å². The van der Waals surface area contributed by atoms with E-state index in [0.29, 0.717) is 30.3 Å². The van der Waals surface area contributed by atoms with Gasteiger partial charge in [-0.05, 0) is 48.7 Å². The molecule has 2 amide bonds. The summed E-state index contributed by atoms with van der Waals surface area (Å²) < 4.78 is 14.8. The normalized spacial score (nSPS) is 18.3. The fraction of sp³-hybridized carbons (Fsp3) is 0.379. The number of aromatic nitrogens is 1. The lowest BCUT2D eigenvalue weighted by molar-refractivity contribution is 0.0905. The summed E-state index contributed by atoms with van der Waals surface area (Å²) in [6, 6.07) is 13.8. The predicted octanol–water partition coefficient (Wildman–Crippen LogP) is 3.71. The molecule has 1 unspecified atom stereocenters. The number of aliphatic imine (C=N–C) groups is 1. The molecule has 2 aliphatic heterocycles. The first-order chi connectivity index (χ1) is 19.5. The Balaban J connectivity index is 1.33. The number of aliphatic hydroxyl groups excluding tert-OH is 1. The lowest BCUT2D eigenvalue weighted by Crippen LogP contribution is -2.51. The molecule has 1 aromatic heterocycles. The molecule has 0 bridgehead atoms. The third-order valence-corrected chi connectivity index (χ3v) is 7.62. The second kappa shape index (κ2) is 12.4. The lowest BCUT2D eigenvalue weighted by Gasteiger charge is -2.42. The Labute approximate surface area is 233 Å². The molecule has 3 heterocycles. The molecule has 5 rings (SSSR count). The van der Waals surface area contributed by atoms with Crippen molar-refractivity contribution in [3.05, 3.63) is 71.7 Å². The van der Waals surface area contributed by atoms with Crippen LogP contribution in [-0.2, 0) is 0 Å². The average molecular weight is 549 g/mol. The molecule has 0 radical (unpaired) electrons. The van der Waals surface area contributed by atoms with E-state index >= 15 is 0 Å². The number of carbonyl (C=O) groups excluding carboxylic acids is 1. The monoisotopic (exact) mass is 548 g/mol. The van der Waals surface area contributed by atoms with Crippen LogP contribution in [0.2, 0.25) is 0 Å². The Morgan fingerprint density at radius 2 is 1.93 bits per heavy atom. The van der Waals surface area contributed by atoms with Crippen LogP contribution in [0.1, 0.15) is 30.0 Å². The number of para-hydroxylation sites is 1. The van der Waals surface area contributed by atoms with Crippen LogP contribution in [0.3, 0.4) is 0 Å². The number of H-pyrrole nitrogens is 1. The number of nitrogens with two attached hydrogens (primary N) is 1. The third kappa shape index (κ3) is 5.90. The molecule has 3 aromatic rings. The molecule has 0 saturated carbocycles. The van der Waals surface area contributed by atoms with Gasteiger partial charge in [-0.3, -0.25) is 9.89 Å². The zero-order chi connectivity index (χ0) is 28.1. The van der Waals surface area contributed by atoms with Gasteiger partial charge in [-0.25, -0.2) is 9.18 Å². The summed E-state index contributed by atoms with van der Waals surface area (Å²) in [5.74, 6) is 0.904. The molecule has 0 aliphatic carbocycles. The summed E-state index contributed by atoms with van der Waals surface area (Å²) in [6.45, 7) is 4.32. The van der Waals surface area contributed by atoms with Crippen LogP contribution in [-0.4, -0.2) is 84.7 Å². The summed E-state index contributed by atoms with van der Waals surface area (Å²) in [7, 11) is 1.75. The number of piperazine rings is 1. The SMILES string of the molecule is CN=C(c1cc[nH]c1N)N1CCN(CCO)C(c2cccc(NC(=O)Nc3c(F)cccc3N3CCCC3)c2)C1. The summed E-state index contributed by atoms with van der Waals surface area (Å²) >= 11 is 0. The minimum Gasteiger partial charge on any atom is -0.395 e. The number of rotatable bonds is 7. The maximum atomic E-state index is 14.8. The van der Waals surface area contributed by atoms with Gasteiger partial charge in [-0.15, -0.1) is 0 Å². The molecular weight excluding hydrogens is 511 g/mol. The van der Waals surface area contributed by atoms with E-state index in [0.717, 1.165) is 56.0 Å². The summed E-state index contributed by atoms with van der Waals surface area (Å²) in [4.78, 5) is 27.1. The zero-order valence-electron chi connectivity index (χ0n) is 22.7. The van der Waals surface area contributed by atoms with Crippen molar-refractivity contribution < 1.29 is 14.3 Å². The molecule has 1 atom stereocenters. The van der Waals surface area contributed by atoms with E-state index < -0.39 is 11.8 Å². The number of amidine groups is 1. The number of hydrogen-bond donors (Lipinski definition) is 5. The summed E-state index contributed by atoms with van der Waals surface area (Å²) in [5, 5.41) is 15.3. The van der Waals surface area contributed by atoms with Gasteiger partial charge < -0.3 is 36.3 Å². The van der Waals surface area contributed by atoms with Crippen LogP contribution in [0.4, 0.5) is 32.1 Å². The fourth-order valence-corrected chi connectivity index (χ4v) is 5.69. The number of hydrogen-bond acceptors (Lipinski definition) is 6. The smallest absolute Gasteiger partial charge is 0.323 e. The van der Waals surface area contributed by atoms with Gasteiger partial charge in [0.05, 0.1) is 23.9 Å². The second-order valence-corrected chi connectivity index (χ2v) is 10.1. The Morgan fingerprint density at radius 1 is 1.12 bits per heavy atom. The summed E-state index contributed by atoms with van der Waals surface area (Å²) in [5.41, 5.74) is 9.45. The number of benzene rings is 2. The number of aliphatic hydroxyl groups is 1. The Bertz CT molecular complexity index is 1350. The van der Waals surface area contributed by atoms with Crippen LogP contribution in [0.25, 0.3) is 0 Å². The van der Waals surface area contributed by atoms with Crippen molar-refractivity contribution in [2.24, 2.45) is 4.99 Å². The number of nitrogens with one attached hydrogen (secondary N) is 3. The van der Waals surface area contributed by atoms with E-state index in [2.05, 4.69) is 35.3 Å². The number of amides is 2. The van der Waals surface area contributed by atoms with Crippen LogP contribution in [0, 0.1) is 5.82 Å². The number of halogens is 1. The molecule has 11 heteroatoms. The molecule has 40 heavy (non-hydrogen) atoms. The summed E-state index contributed by atoms with van der Waals surface area (Å²) in [6.07, 6.45) is 3.89. The molecule has 212 valence electrons. The lowest BCUT2D eigenvalue weighted by atomic mass is 10.0. The number of anilines is 4. The van der Waals surface area contributed by atoms with E-state index in [-0.39, 0.29) is 18.3 Å². The molecule has 2 saturated heterocycles. The maximum Gasteiger partial charge on any atom is 0.323 e. The van der Waals surface area contributed by atoms with Crippen LogP contribution in [0.15, 0.2) is 59.7 Å². The van der Waals surface area contributed by atoms with Gasteiger partial charge in [0.1, 0.15) is 23.2 Å². The molecule has 2 aromatic carbocycles.